The molecule has 46 heavy (non-hydrogen) atoms. The minimum Gasteiger partial charge on any atom is -0.481 e. The van der Waals surface area contributed by atoms with Crippen molar-refractivity contribution in [2.75, 3.05) is 0 Å². The van der Waals surface area contributed by atoms with Gasteiger partial charge in [-0.1, -0.05) is 46.8 Å². The lowest BCUT2D eigenvalue weighted by Crippen LogP contribution is -2.66. The maximum Gasteiger partial charge on any atom is 0.309 e. The van der Waals surface area contributed by atoms with Crippen LogP contribution in [0, 0.1) is 62.1 Å². The lowest BCUT2D eigenvalue weighted by molar-refractivity contribution is -0.250. The molecule has 0 aromatic carbocycles. The molecule has 5 fully saturated rings. The van der Waals surface area contributed by atoms with Crippen LogP contribution in [0.25, 0.3) is 0 Å². The molecule has 5 heteroatoms. The maximum absolute atomic E-state index is 13.0. The summed E-state index contributed by atoms with van der Waals surface area (Å²) in [5, 5.41) is 9.58. The van der Waals surface area contributed by atoms with Crippen LogP contribution in [0.3, 0.4) is 0 Å². The predicted octanol–water partition coefficient (Wildman–Crippen LogP) is 9.95. The van der Waals surface area contributed by atoms with E-state index >= 15 is 0 Å². The van der Waals surface area contributed by atoms with Gasteiger partial charge in [-0.25, -0.2) is 0 Å². The summed E-state index contributed by atoms with van der Waals surface area (Å²) in [6.45, 7) is 24.0. The fraction of sp³-hybridized carbons (Fsp3) is 0.805. The maximum atomic E-state index is 13.0. The van der Waals surface area contributed by atoms with E-state index in [-0.39, 0.29) is 29.3 Å². The van der Waals surface area contributed by atoms with Crippen LogP contribution in [-0.4, -0.2) is 27.7 Å². The molecule has 10 atom stereocenters. The van der Waals surface area contributed by atoms with Crippen LogP contribution in [0.5, 0.6) is 0 Å². The first-order chi connectivity index (χ1) is 21.4. The number of hydrogen-bond donors (Lipinski definition) is 1. The van der Waals surface area contributed by atoms with Crippen molar-refractivity contribution >= 4 is 11.9 Å². The van der Waals surface area contributed by atoms with Crippen LogP contribution >= 0.6 is 0 Å². The van der Waals surface area contributed by atoms with E-state index in [4.69, 9.17) is 4.74 Å². The third kappa shape index (κ3) is 4.97. The van der Waals surface area contributed by atoms with E-state index in [0.29, 0.717) is 34.0 Å². The van der Waals surface area contributed by atoms with Gasteiger partial charge in [0.25, 0.3) is 0 Å². The molecule has 1 aromatic heterocycles. The van der Waals surface area contributed by atoms with E-state index < -0.39 is 11.4 Å². The molecule has 0 amide bonds. The van der Waals surface area contributed by atoms with Gasteiger partial charge in [-0.15, -0.1) is 0 Å². The van der Waals surface area contributed by atoms with Crippen LogP contribution < -0.4 is 0 Å². The van der Waals surface area contributed by atoms with Crippen molar-refractivity contribution in [1.82, 2.24) is 4.57 Å². The Balaban J connectivity index is 1.25. The second-order valence-corrected chi connectivity index (χ2v) is 18.9. The van der Waals surface area contributed by atoms with Crippen molar-refractivity contribution in [3.63, 3.8) is 0 Å². The number of nitrogens with zero attached hydrogens (tertiary/aromatic N) is 1. The molecule has 5 nitrogen and oxygen atoms in total. The van der Waals surface area contributed by atoms with Gasteiger partial charge in [0.2, 0.25) is 0 Å². The zero-order chi connectivity index (χ0) is 33.5. The topological polar surface area (TPSA) is 68.5 Å². The SMILES string of the molecule is C=C(C)[C@@H]1CC[C@]2(CCn3cccc3)CC[C@]3(C)[C@H](CCC4[C@@]5(C)CC[C@H](OC(=O)CC(C)(C)C(=O)O)C(C)(C)C5CC[C@]43C)[C@@H]12. The van der Waals surface area contributed by atoms with Gasteiger partial charge in [-0.05, 0) is 155 Å². The van der Waals surface area contributed by atoms with Gasteiger partial charge in [0.1, 0.15) is 6.10 Å². The number of aryl methyl sites for hydroxylation is 1. The number of ether oxygens (including phenoxy) is 1. The van der Waals surface area contributed by atoms with Crippen molar-refractivity contribution in [2.24, 2.45) is 62.1 Å². The molecule has 0 saturated heterocycles. The Hall–Kier alpha value is -2.04. The summed E-state index contributed by atoms with van der Waals surface area (Å²) in [5.41, 5.74) is 1.41. The second kappa shape index (κ2) is 11.3. The smallest absolute Gasteiger partial charge is 0.309 e. The molecule has 1 heterocycles. The van der Waals surface area contributed by atoms with Gasteiger partial charge < -0.3 is 14.4 Å². The lowest BCUT2D eigenvalue weighted by Gasteiger charge is -2.73. The molecule has 6 rings (SSSR count). The van der Waals surface area contributed by atoms with Gasteiger partial charge >= 0.3 is 11.9 Å². The summed E-state index contributed by atoms with van der Waals surface area (Å²) in [6, 6.07) is 4.33. The summed E-state index contributed by atoms with van der Waals surface area (Å²) in [6.07, 6.45) is 17.9. The molecule has 5 aliphatic rings. The van der Waals surface area contributed by atoms with Gasteiger partial charge in [0.05, 0.1) is 11.8 Å². The lowest BCUT2D eigenvalue weighted by atomic mass is 9.32. The van der Waals surface area contributed by atoms with Crippen molar-refractivity contribution in [3.8, 4) is 0 Å². The molecule has 1 aromatic rings. The number of allylic oxidation sites excluding steroid dienone is 1. The first kappa shape index (κ1) is 33.8. The molecule has 0 radical (unpaired) electrons. The molecular formula is C41H63NO4. The standard InChI is InChI=1S/C41H63NO4/c1-27(2)28-14-19-41(22-25-42-23-10-11-24-42)21-20-39(8)29(34(28)41)12-13-31-38(7)17-16-32(46-33(43)26-36(3,4)35(44)45)37(5,6)30(38)15-18-40(31,39)9/h10-11,23-24,28-32,34H,1,12-22,25-26H2,2-9H3,(H,44,45)/t28-,29+,30?,31?,32-,34+,38-,39+,40+,41+/m0/s1. The summed E-state index contributed by atoms with van der Waals surface area (Å²) in [5.74, 6) is 1.97. The third-order valence-corrected chi connectivity index (χ3v) is 16.2. The van der Waals surface area contributed by atoms with Gasteiger partial charge in [0, 0.05) is 24.4 Å². The second-order valence-electron chi connectivity index (χ2n) is 18.9. The number of esters is 1. The van der Waals surface area contributed by atoms with E-state index in [2.05, 4.69) is 77.2 Å². The molecule has 0 aliphatic heterocycles. The molecule has 2 unspecified atom stereocenters. The van der Waals surface area contributed by atoms with Crippen molar-refractivity contribution < 1.29 is 19.4 Å². The zero-order valence-electron chi connectivity index (χ0n) is 30.3. The Morgan fingerprint density at radius 1 is 0.891 bits per heavy atom. The average Bonchev–Trinajstić information content (AvgIpc) is 3.62. The largest absolute Gasteiger partial charge is 0.481 e. The highest BCUT2D eigenvalue weighted by Crippen LogP contribution is 2.78. The number of aromatic nitrogens is 1. The van der Waals surface area contributed by atoms with Crippen LogP contribution in [0.2, 0.25) is 0 Å². The molecule has 5 saturated carbocycles. The van der Waals surface area contributed by atoms with Crippen molar-refractivity contribution in [3.05, 3.63) is 36.7 Å². The minimum atomic E-state index is -1.12. The third-order valence-electron chi connectivity index (χ3n) is 16.2. The number of aliphatic carboxylic acids is 1. The van der Waals surface area contributed by atoms with Crippen LogP contribution in [0.15, 0.2) is 36.7 Å². The highest BCUT2D eigenvalue weighted by molar-refractivity contribution is 5.81. The monoisotopic (exact) mass is 633 g/mol. The number of carboxylic acids is 1. The Morgan fingerprint density at radius 3 is 2.24 bits per heavy atom. The van der Waals surface area contributed by atoms with E-state index in [0.717, 1.165) is 31.2 Å². The summed E-state index contributed by atoms with van der Waals surface area (Å²) < 4.78 is 8.58. The normalized spacial score (nSPS) is 43.0. The molecule has 1 N–H and O–H groups in total. The predicted molar refractivity (Wildman–Crippen MR) is 184 cm³/mol. The Bertz CT molecular complexity index is 1340. The highest BCUT2D eigenvalue weighted by atomic mass is 16.5. The molecular weight excluding hydrogens is 570 g/mol. The fourth-order valence-electron chi connectivity index (χ4n) is 13.4. The first-order valence-electron chi connectivity index (χ1n) is 18.6. The Morgan fingerprint density at radius 2 is 1.59 bits per heavy atom. The summed E-state index contributed by atoms with van der Waals surface area (Å²) in [7, 11) is 0. The first-order valence-corrected chi connectivity index (χ1v) is 18.6. The number of carboxylic acid groups (broad SMARTS) is 1. The average molecular weight is 634 g/mol. The number of carbonyl (C=O) groups is 2. The zero-order valence-corrected chi connectivity index (χ0v) is 30.3. The quantitative estimate of drug-likeness (QED) is 0.229. The molecule has 256 valence electrons. The molecule has 5 aliphatic carbocycles. The summed E-state index contributed by atoms with van der Waals surface area (Å²) in [4.78, 5) is 24.7. The Kier molecular flexibility index (Phi) is 8.28. The number of fused-ring (bicyclic) bond motifs is 7. The van der Waals surface area contributed by atoms with E-state index in [9.17, 15) is 14.7 Å². The molecule has 0 spiro atoms. The summed E-state index contributed by atoms with van der Waals surface area (Å²) >= 11 is 0. The number of hydrogen-bond acceptors (Lipinski definition) is 3. The number of rotatable bonds is 8. The molecule has 0 bridgehead atoms. The van der Waals surface area contributed by atoms with Crippen LogP contribution in [-0.2, 0) is 20.9 Å². The fourth-order valence-corrected chi connectivity index (χ4v) is 13.4. The van der Waals surface area contributed by atoms with Gasteiger partial charge in [0.15, 0.2) is 0 Å². The van der Waals surface area contributed by atoms with Crippen LogP contribution in [0.1, 0.15) is 132 Å². The highest BCUT2D eigenvalue weighted by Gasteiger charge is 2.71. The van der Waals surface area contributed by atoms with Crippen molar-refractivity contribution in [1.29, 1.82) is 0 Å². The van der Waals surface area contributed by atoms with Gasteiger partial charge in [-0.3, -0.25) is 9.59 Å². The number of carbonyl (C=O) groups excluding carboxylic acids is 1. The van der Waals surface area contributed by atoms with E-state index in [1.807, 2.05) is 0 Å². The minimum absolute atomic E-state index is 0.0868. The Labute approximate surface area is 279 Å². The van der Waals surface area contributed by atoms with E-state index in [1.54, 1.807) is 13.8 Å². The van der Waals surface area contributed by atoms with E-state index in [1.165, 1.54) is 63.4 Å². The van der Waals surface area contributed by atoms with Crippen LogP contribution in [0.4, 0.5) is 0 Å². The van der Waals surface area contributed by atoms with Crippen molar-refractivity contribution in [2.45, 2.75) is 145 Å². The van der Waals surface area contributed by atoms with Gasteiger partial charge in [-0.2, -0.15) is 0 Å².